The van der Waals surface area contributed by atoms with Crippen molar-refractivity contribution in [2.45, 2.75) is 26.2 Å². The van der Waals surface area contributed by atoms with Crippen LogP contribution in [-0.4, -0.2) is 23.5 Å². The van der Waals surface area contributed by atoms with Crippen molar-refractivity contribution in [3.8, 4) is 0 Å². The van der Waals surface area contributed by atoms with Gasteiger partial charge in [0.05, 0.1) is 6.42 Å². The molecule has 0 aromatic heterocycles. The molecule has 0 aliphatic rings. The summed E-state index contributed by atoms with van der Waals surface area (Å²) < 4.78 is 0. The highest BCUT2D eigenvalue weighted by Crippen LogP contribution is 2.09. The zero-order chi connectivity index (χ0) is 18.8. The summed E-state index contributed by atoms with van der Waals surface area (Å²) in [5.74, 6) is -0.274. The standard InChI is InChI=1S/C20H23N3O2S/c1-2-3-13-21-19(25)16-9-11-17(12-10-16)22-20(26)23-18(24)14-15-7-5-4-6-8-15/h4-12H,2-3,13-14H2,1H3,(H,21,25)(H2,22,23,24,26). The van der Waals surface area contributed by atoms with Gasteiger partial charge in [-0.3, -0.25) is 9.59 Å². The second kappa shape index (κ2) is 10.3. The summed E-state index contributed by atoms with van der Waals surface area (Å²) in [5.41, 5.74) is 2.22. The van der Waals surface area contributed by atoms with Gasteiger partial charge in [0.2, 0.25) is 5.91 Å². The van der Waals surface area contributed by atoms with Crippen molar-refractivity contribution in [1.82, 2.24) is 10.6 Å². The van der Waals surface area contributed by atoms with Gasteiger partial charge in [-0.25, -0.2) is 0 Å². The number of hydrogen-bond donors (Lipinski definition) is 3. The molecule has 26 heavy (non-hydrogen) atoms. The van der Waals surface area contributed by atoms with Crippen molar-refractivity contribution in [2.75, 3.05) is 11.9 Å². The van der Waals surface area contributed by atoms with E-state index in [1.165, 1.54) is 0 Å². The van der Waals surface area contributed by atoms with Crippen LogP contribution in [0.15, 0.2) is 54.6 Å². The van der Waals surface area contributed by atoms with Crippen molar-refractivity contribution in [2.24, 2.45) is 0 Å². The fraction of sp³-hybridized carbons (Fsp3) is 0.250. The van der Waals surface area contributed by atoms with Gasteiger partial charge in [0.1, 0.15) is 0 Å². The van der Waals surface area contributed by atoms with Crippen LogP contribution in [0.4, 0.5) is 5.69 Å². The molecule has 0 spiro atoms. The summed E-state index contributed by atoms with van der Waals surface area (Å²) in [5, 5.41) is 8.69. The van der Waals surface area contributed by atoms with E-state index < -0.39 is 0 Å². The van der Waals surface area contributed by atoms with E-state index in [-0.39, 0.29) is 23.3 Å². The first kappa shape index (κ1) is 19.6. The molecule has 5 nitrogen and oxygen atoms in total. The van der Waals surface area contributed by atoms with E-state index in [1.54, 1.807) is 24.3 Å². The molecule has 2 aromatic carbocycles. The lowest BCUT2D eigenvalue weighted by Crippen LogP contribution is -2.35. The number of amides is 2. The Morgan fingerprint density at radius 2 is 1.69 bits per heavy atom. The monoisotopic (exact) mass is 369 g/mol. The summed E-state index contributed by atoms with van der Waals surface area (Å²) in [6.45, 7) is 2.75. The van der Waals surface area contributed by atoms with Gasteiger partial charge in [-0.1, -0.05) is 43.7 Å². The van der Waals surface area contributed by atoms with E-state index in [9.17, 15) is 9.59 Å². The van der Waals surface area contributed by atoms with Crippen LogP contribution in [0.25, 0.3) is 0 Å². The fourth-order valence-electron chi connectivity index (χ4n) is 2.30. The van der Waals surface area contributed by atoms with Crippen LogP contribution in [0, 0.1) is 0 Å². The van der Waals surface area contributed by atoms with Crippen molar-refractivity contribution < 1.29 is 9.59 Å². The molecule has 0 saturated carbocycles. The van der Waals surface area contributed by atoms with Crippen molar-refractivity contribution >= 4 is 34.8 Å². The van der Waals surface area contributed by atoms with E-state index in [1.807, 2.05) is 30.3 Å². The maximum Gasteiger partial charge on any atom is 0.251 e. The summed E-state index contributed by atoms with van der Waals surface area (Å²) in [6.07, 6.45) is 2.26. The Hall–Kier alpha value is -2.73. The number of nitrogens with one attached hydrogen (secondary N) is 3. The van der Waals surface area contributed by atoms with Crippen molar-refractivity contribution in [1.29, 1.82) is 0 Å². The maximum atomic E-state index is 12.0. The second-order valence-electron chi connectivity index (χ2n) is 5.85. The van der Waals surface area contributed by atoms with Crippen LogP contribution in [-0.2, 0) is 11.2 Å². The van der Waals surface area contributed by atoms with Crippen molar-refractivity contribution in [3.63, 3.8) is 0 Å². The lowest BCUT2D eigenvalue weighted by Gasteiger charge is -2.10. The average Bonchev–Trinajstić information content (AvgIpc) is 2.63. The number of carbonyl (C=O) groups is 2. The Bertz CT molecular complexity index is 745. The number of anilines is 1. The predicted molar refractivity (Wildman–Crippen MR) is 108 cm³/mol. The van der Waals surface area contributed by atoms with Crippen LogP contribution in [0.2, 0.25) is 0 Å². The van der Waals surface area contributed by atoms with E-state index >= 15 is 0 Å². The maximum absolute atomic E-state index is 12.0. The van der Waals surface area contributed by atoms with Gasteiger partial charge in [0.15, 0.2) is 5.11 Å². The van der Waals surface area contributed by atoms with Crippen LogP contribution in [0.3, 0.4) is 0 Å². The van der Waals surface area contributed by atoms with Gasteiger partial charge in [0.25, 0.3) is 5.91 Å². The van der Waals surface area contributed by atoms with Gasteiger partial charge in [-0.05, 0) is 48.5 Å². The number of hydrogen-bond acceptors (Lipinski definition) is 3. The molecule has 0 unspecified atom stereocenters. The molecule has 0 heterocycles. The number of rotatable bonds is 7. The average molecular weight is 369 g/mol. The quantitative estimate of drug-likeness (QED) is 0.517. The molecule has 2 aromatic rings. The first-order chi connectivity index (χ1) is 12.6. The zero-order valence-electron chi connectivity index (χ0n) is 14.7. The first-order valence-corrected chi connectivity index (χ1v) is 9.02. The molecule has 136 valence electrons. The van der Waals surface area contributed by atoms with Gasteiger partial charge in [0, 0.05) is 17.8 Å². The summed E-state index contributed by atoms with van der Waals surface area (Å²) in [7, 11) is 0. The number of carbonyl (C=O) groups excluding carboxylic acids is 2. The molecule has 0 fully saturated rings. The topological polar surface area (TPSA) is 70.2 Å². The molecule has 3 N–H and O–H groups in total. The van der Waals surface area contributed by atoms with E-state index in [0.29, 0.717) is 17.8 Å². The minimum atomic E-state index is -0.180. The number of benzene rings is 2. The smallest absolute Gasteiger partial charge is 0.251 e. The number of thiocarbonyl (C=S) groups is 1. The van der Waals surface area contributed by atoms with Crippen LogP contribution in [0.1, 0.15) is 35.7 Å². The Labute approximate surface area is 159 Å². The van der Waals surface area contributed by atoms with Crippen LogP contribution < -0.4 is 16.0 Å². The molecule has 2 rings (SSSR count). The zero-order valence-corrected chi connectivity index (χ0v) is 15.6. The summed E-state index contributed by atoms with van der Waals surface area (Å²) in [6, 6.07) is 16.4. The van der Waals surface area contributed by atoms with Gasteiger partial charge in [-0.2, -0.15) is 0 Å². The van der Waals surface area contributed by atoms with Crippen LogP contribution in [0.5, 0.6) is 0 Å². The highest BCUT2D eigenvalue weighted by molar-refractivity contribution is 7.80. The molecule has 0 saturated heterocycles. The lowest BCUT2D eigenvalue weighted by molar-refractivity contribution is -0.119. The summed E-state index contributed by atoms with van der Waals surface area (Å²) in [4.78, 5) is 23.9. The SMILES string of the molecule is CCCCNC(=O)c1ccc(NC(=S)NC(=O)Cc2ccccc2)cc1. The highest BCUT2D eigenvalue weighted by atomic mass is 32.1. The predicted octanol–water partition coefficient (Wildman–Crippen LogP) is 3.27. The third-order valence-corrected chi connectivity index (χ3v) is 3.89. The number of unbranched alkanes of at least 4 members (excludes halogenated alkanes) is 1. The Kier molecular flexibility index (Phi) is 7.76. The molecule has 6 heteroatoms. The van der Waals surface area contributed by atoms with E-state index in [4.69, 9.17) is 12.2 Å². The molecular formula is C20H23N3O2S. The van der Waals surface area contributed by atoms with Gasteiger partial charge >= 0.3 is 0 Å². The van der Waals surface area contributed by atoms with Crippen LogP contribution >= 0.6 is 12.2 Å². The van der Waals surface area contributed by atoms with Crippen molar-refractivity contribution in [3.05, 3.63) is 65.7 Å². The molecule has 0 aliphatic heterocycles. The molecular weight excluding hydrogens is 346 g/mol. The van der Waals surface area contributed by atoms with E-state index in [0.717, 1.165) is 18.4 Å². The fourth-order valence-corrected chi connectivity index (χ4v) is 2.53. The lowest BCUT2D eigenvalue weighted by atomic mass is 10.1. The molecule has 0 atom stereocenters. The first-order valence-electron chi connectivity index (χ1n) is 8.61. The Morgan fingerprint density at radius 3 is 2.35 bits per heavy atom. The summed E-state index contributed by atoms with van der Waals surface area (Å²) >= 11 is 5.16. The second-order valence-corrected chi connectivity index (χ2v) is 6.26. The van der Waals surface area contributed by atoms with Gasteiger partial charge in [-0.15, -0.1) is 0 Å². The molecule has 0 aliphatic carbocycles. The minimum absolute atomic E-state index is 0.0938. The molecule has 2 amide bonds. The Balaban J connectivity index is 1.81. The van der Waals surface area contributed by atoms with E-state index in [2.05, 4.69) is 22.9 Å². The third-order valence-electron chi connectivity index (χ3n) is 3.68. The Morgan fingerprint density at radius 1 is 1.00 bits per heavy atom. The minimum Gasteiger partial charge on any atom is -0.352 e. The highest BCUT2D eigenvalue weighted by Gasteiger charge is 2.07. The molecule has 0 bridgehead atoms. The molecule has 0 radical (unpaired) electrons. The largest absolute Gasteiger partial charge is 0.352 e. The third kappa shape index (κ3) is 6.64. The normalized spacial score (nSPS) is 10.0. The van der Waals surface area contributed by atoms with Gasteiger partial charge < -0.3 is 16.0 Å².